The van der Waals surface area contributed by atoms with Crippen molar-refractivity contribution in [2.24, 2.45) is 0 Å². The number of ether oxygens (including phenoxy) is 3. The van der Waals surface area contributed by atoms with Gasteiger partial charge in [0.25, 0.3) is 10.1 Å². The van der Waals surface area contributed by atoms with Crippen LogP contribution >= 0.6 is 0 Å². The molecule has 8 heteroatoms. The molecule has 0 atom stereocenters. The molecule has 0 aliphatic rings. The third-order valence-corrected chi connectivity index (χ3v) is 5.67. The molecule has 0 spiro atoms. The summed E-state index contributed by atoms with van der Waals surface area (Å²) in [7, 11) is -3.75. The van der Waals surface area contributed by atoms with Crippen LogP contribution in [-0.2, 0) is 33.3 Å². The van der Waals surface area contributed by atoms with Crippen LogP contribution in [0.1, 0.15) is 58.3 Å². The molecule has 0 N–H and O–H groups in total. The molecule has 0 radical (unpaired) electrons. The molecule has 0 aromatic heterocycles. The van der Waals surface area contributed by atoms with E-state index in [1.54, 1.807) is 18.2 Å². The van der Waals surface area contributed by atoms with Crippen LogP contribution in [0.5, 0.6) is 0 Å². The number of benzene rings is 1. The number of hydrogen-bond acceptors (Lipinski definition) is 7. The first-order valence-electron chi connectivity index (χ1n) is 10.8. The molecular formula is C22H36O7S. The number of carbonyl (C=O) groups is 1. The minimum atomic E-state index is -3.75. The fraction of sp³-hybridized carbons (Fsp3) is 0.682. The van der Waals surface area contributed by atoms with Crippen LogP contribution in [0, 0.1) is 0 Å². The van der Waals surface area contributed by atoms with Gasteiger partial charge in [0.2, 0.25) is 0 Å². The van der Waals surface area contributed by atoms with Crippen LogP contribution in [0.3, 0.4) is 0 Å². The van der Waals surface area contributed by atoms with E-state index < -0.39 is 10.1 Å². The molecule has 0 fully saturated rings. The largest absolute Gasteiger partial charge is 0.463 e. The van der Waals surface area contributed by atoms with E-state index in [0.717, 1.165) is 12.8 Å². The van der Waals surface area contributed by atoms with E-state index in [1.165, 1.54) is 44.2 Å². The lowest BCUT2D eigenvalue weighted by Crippen LogP contribution is -2.15. The highest BCUT2D eigenvalue weighted by atomic mass is 32.2. The lowest BCUT2D eigenvalue weighted by molar-refractivity contribution is -0.145. The van der Waals surface area contributed by atoms with Crippen molar-refractivity contribution in [2.75, 3.05) is 39.6 Å². The second-order valence-electron chi connectivity index (χ2n) is 6.91. The zero-order valence-corrected chi connectivity index (χ0v) is 18.9. The Morgan fingerprint density at radius 2 is 1.33 bits per heavy atom. The molecule has 0 aliphatic carbocycles. The van der Waals surface area contributed by atoms with Crippen molar-refractivity contribution in [1.29, 1.82) is 0 Å². The van der Waals surface area contributed by atoms with Gasteiger partial charge in [-0.2, -0.15) is 8.42 Å². The molecule has 0 unspecified atom stereocenters. The minimum Gasteiger partial charge on any atom is -0.463 e. The van der Waals surface area contributed by atoms with Gasteiger partial charge in [0.1, 0.15) is 6.61 Å². The van der Waals surface area contributed by atoms with Crippen molar-refractivity contribution in [3.63, 3.8) is 0 Å². The third kappa shape index (κ3) is 13.7. The van der Waals surface area contributed by atoms with E-state index in [4.69, 9.17) is 18.4 Å². The summed E-state index contributed by atoms with van der Waals surface area (Å²) in [4.78, 5) is 11.7. The van der Waals surface area contributed by atoms with E-state index in [9.17, 15) is 13.2 Å². The Morgan fingerprint density at radius 1 is 0.767 bits per heavy atom. The van der Waals surface area contributed by atoms with Gasteiger partial charge in [0.05, 0.1) is 37.9 Å². The van der Waals surface area contributed by atoms with Crippen molar-refractivity contribution in [1.82, 2.24) is 0 Å². The van der Waals surface area contributed by atoms with Crippen molar-refractivity contribution < 1.29 is 31.6 Å². The van der Waals surface area contributed by atoms with Crippen molar-refractivity contribution in [2.45, 2.75) is 63.2 Å². The summed E-state index contributed by atoms with van der Waals surface area (Å²) in [5, 5.41) is 0. The molecule has 0 aliphatic heterocycles. The molecule has 1 aromatic carbocycles. The number of hydrogen-bond donors (Lipinski definition) is 0. The van der Waals surface area contributed by atoms with Gasteiger partial charge in [0.15, 0.2) is 0 Å². The van der Waals surface area contributed by atoms with Gasteiger partial charge < -0.3 is 14.2 Å². The van der Waals surface area contributed by atoms with Crippen LogP contribution in [0.4, 0.5) is 0 Å². The Labute approximate surface area is 181 Å². The summed E-state index contributed by atoms with van der Waals surface area (Å²) in [5.41, 5.74) is 0. The van der Waals surface area contributed by atoms with E-state index in [1.807, 2.05) is 0 Å². The molecule has 1 aromatic rings. The number of esters is 1. The summed E-state index contributed by atoms with van der Waals surface area (Å²) in [6, 6.07) is 7.96. The predicted octanol–water partition coefficient (Wildman–Crippen LogP) is 4.11. The van der Waals surface area contributed by atoms with Gasteiger partial charge in [0, 0.05) is 6.42 Å². The van der Waals surface area contributed by atoms with Gasteiger partial charge in [-0.25, -0.2) is 0 Å². The highest BCUT2D eigenvalue weighted by molar-refractivity contribution is 7.86. The summed E-state index contributed by atoms with van der Waals surface area (Å²) in [6.07, 6.45) is 8.65. The Bertz CT molecular complexity index is 647. The summed E-state index contributed by atoms with van der Waals surface area (Å²) in [5.74, 6) is -0.180. The lowest BCUT2D eigenvalue weighted by atomic mass is 10.1. The summed E-state index contributed by atoms with van der Waals surface area (Å²) < 4.78 is 44.4. The van der Waals surface area contributed by atoms with Gasteiger partial charge >= 0.3 is 5.97 Å². The maximum Gasteiger partial charge on any atom is 0.305 e. The number of unbranched alkanes of at least 4 members (excludes halogenated alkanes) is 6. The molecule has 0 saturated carbocycles. The SMILES string of the molecule is CCCCCCCCCC(=O)OCCOCCOCCOS(=O)(=O)c1ccccc1. The van der Waals surface area contributed by atoms with Gasteiger partial charge in [-0.1, -0.05) is 63.6 Å². The van der Waals surface area contributed by atoms with Crippen LogP contribution in [-0.4, -0.2) is 54.0 Å². The molecule has 172 valence electrons. The molecule has 1 rings (SSSR count). The lowest BCUT2D eigenvalue weighted by Gasteiger charge is -2.08. The highest BCUT2D eigenvalue weighted by Gasteiger charge is 2.13. The Balaban J connectivity index is 1.88. The average molecular weight is 445 g/mol. The molecular weight excluding hydrogens is 408 g/mol. The van der Waals surface area contributed by atoms with E-state index >= 15 is 0 Å². The van der Waals surface area contributed by atoms with Crippen molar-refractivity contribution in [3.05, 3.63) is 30.3 Å². The first kappa shape index (κ1) is 26.6. The quantitative estimate of drug-likeness (QED) is 0.180. The Hall–Kier alpha value is -1.48. The monoisotopic (exact) mass is 444 g/mol. The average Bonchev–Trinajstić information content (AvgIpc) is 2.75. The second kappa shape index (κ2) is 17.2. The van der Waals surface area contributed by atoms with Gasteiger partial charge in [-0.05, 0) is 18.6 Å². The zero-order chi connectivity index (χ0) is 21.9. The zero-order valence-electron chi connectivity index (χ0n) is 18.1. The topological polar surface area (TPSA) is 88.1 Å². The van der Waals surface area contributed by atoms with Crippen LogP contribution < -0.4 is 0 Å². The standard InChI is InChI=1S/C22H36O7S/c1-2-3-4-5-6-7-11-14-22(23)28-19-17-26-15-16-27-18-20-29-30(24,25)21-12-9-8-10-13-21/h8-10,12-13H,2-7,11,14-20H2,1H3. The fourth-order valence-corrected chi connectivity index (χ4v) is 3.61. The summed E-state index contributed by atoms with van der Waals surface area (Å²) >= 11 is 0. The minimum absolute atomic E-state index is 0.0621. The normalized spacial score (nSPS) is 11.5. The molecule has 0 saturated heterocycles. The number of carbonyl (C=O) groups excluding carboxylic acids is 1. The molecule has 7 nitrogen and oxygen atoms in total. The first-order valence-corrected chi connectivity index (χ1v) is 12.2. The van der Waals surface area contributed by atoms with Crippen molar-refractivity contribution in [3.8, 4) is 0 Å². The predicted molar refractivity (Wildman–Crippen MR) is 115 cm³/mol. The van der Waals surface area contributed by atoms with Crippen LogP contribution in [0.15, 0.2) is 35.2 Å². The van der Waals surface area contributed by atoms with Gasteiger partial charge in [-0.15, -0.1) is 0 Å². The van der Waals surface area contributed by atoms with Crippen LogP contribution in [0.25, 0.3) is 0 Å². The van der Waals surface area contributed by atoms with E-state index in [2.05, 4.69) is 6.92 Å². The maximum atomic E-state index is 11.9. The first-order chi connectivity index (χ1) is 14.6. The van der Waals surface area contributed by atoms with Crippen LogP contribution in [0.2, 0.25) is 0 Å². The molecule has 0 heterocycles. The fourth-order valence-electron chi connectivity index (χ4n) is 2.69. The molecule has 30 heavy (non-hydrogen) atoms. The van der Waals surface area contributed by atoms with Gasteiger partial charge in [-0.3, -0.25) is 8.98 Å². The third-order valence-electron chi connectivity index (χ3n) is 4.35. The Kier molecular flexibility index (Phi) is 15.2. The Morgan fingerprint density at radius 3 is 2.00 bits per heavy atom. The van der Waals surface area contributed by atoms with E-state index in [-0.39, 0.29) is 30.7 Å². The highest BCUT2D eigenvalue weighted by Crippen LogP contribution is 2.11. The second-order valence-corrected chi connectivity index (χ2v) is 8.52. The smallest absolute Gasteiger partial charge is 0.305 e. The number of rotatable bonds is 19. The van der Waals surface area contributed by atoms with Crippen molar-refractivity contribution >= 4 is 16.1 Å². The van der Waals surface area contributed by atoms with E-state index in [0.29, 0.717) is 26.2 Å². The molecule has 0 bridgehead atoms. The molecule has 0 amide bonds. The maximum absolute atomic E-state index is 11.9. The summed E-state index contributed by atoms with van der Waals surface area (Å²) in [6.45, 7) is 3.46.